The second-order valence-electron chi connectivity index (χ2n) is 4.76. The number of nitro groups is 1. The largest absolute Gasteiger partial charge is 0.392 e. The molecule has 6 nitrogen and oxygen atoms in total. The third-order valence-electron chi connectivity index (χ3n) is 3.34. The number of non-ortho nitro benzene ring substituents is 1. The molecule has 0 saturated carbocycles. The standard InChI is InChI=1S/C15H17N3O3/c1-17(9-6-12-4-7-16-8-5-12)15-3-2-14(18(20)21)10-13(15)11-19/h2-5,7-8,10,19H,6,9,11H2,1H3. The lowest BCUT2D eigenvalue weighted by molar-refractivity contribution is -0.384. The van der Waals surface area contributed by atoms with Crippen LogP contribution in [-0.2, 0) is 13.0 Å². The van der Waals surface area contributed by atoms with Crippen LogP contribution < -0.4 is 4.90 Å². The monoisotopic (exact) mass is 287 g/mol. The summed E-state index contributed by atoms with van der Waals surface area (Å²) >= 11 is 0. The van der Waals surface area contributed by atoms with Gasteiger partial charge in [0.05, 0.1) is 11.5 Å². The van der Waals surface area contributed by atoms with Crippen LogP contribution in [0.1, 0.15) is 11.1 Å². The number of likely N-dealkylation sites (N-methyl/N-ethyl adjacent to an activating group) is 1. The maximum atomic E-state index is 10.8. The SMILES string of the molecule is CN(CCc1ccncc1)c1ccc([N+](=O)[O-])cc1CO. The fraction of sp³-hybridized carbons (Fsp3) is 0.267. The number of aliphatic hydroxyl groups excluding tert-OH is 1. The van der Waals surface area contributed by atoms with Crippen molar-refractivity contribution in [3.63, 3.8) is 0 Å². The Morgan fingerprint density at radius 3 is 2.62 bits per heavy atom. The van der Waals surface area contributed by atoms with E-state index in [0.29, 0.717) is 5.56 Å². The van der Waals surface area contributed by atoms with Gasteiger partial charge in [-0.2, -0.15) is 0 Å². The number of benzene rings is 1. The molecule has 0 saturated heterocycles. The molecule has 0 radical (unpaired) electrons. The van der Waals surface area contributed by atoms with E-state index in [1.807, 2.05) is 24.1 Å². The Hall–Kier alpha value is -2.47. The zero-order valence-corrected chi connectivity index (χ0v) is 11.8. The maximum Gasteiger partial charge on any atom is 0.269 e. The first-order valence-electron chi connectivity index (χ1n) is 6.60. The van der Waals surface area contributed by atoms with E-state index in [2.05, 4.69) is 4.98 Å². The van der Waals surface area contributed by atoms with Crippen molar-refractivity contribution in [1.82, 2.24) is 4.98 Å². The molecule has 2 aromatic rings. The molecule has 0 aliphatic carbocycles. The van der Waals surface area contributed by atoms with Gasteiger partial charge in [0.15, 0.2) is 0 Å². The lowest BCUT2D eigenvalue weighted by Gasteiger charge is -2.21. The van der Waals surface area contributed by atoms with E-state index in [4.69, 9.17) is 0 Å². The predicted molar refractivity (Wildman–Crippen MR) is 80.2 cm³/mol. The number of nitrogens with zero attached hydrogens (tertiary/aromatic N) is 3. The third kappa shape index (κ3) is 3.76. The minimum atomic E-state index is -0.458. The first-order valence-corrected chi connectivity index (χ1v) is 6.60. The van der Waals surface area contributed by atoms with Crippen LogP contribution in [0.3, 0.4) is 0 Å². The van der Waals surface area contributed by atoms with E-state index in [0.717, 1.165) is 18.7 Å². The first kappa shape index (κ1) is 14.9. The summed E-state index contributed by atoms with van der Waals surface area (Å²) in [5.41, 5.74) is 2.52. The average molecular weight is 287 g/mol. The average Bonchev–Trinajstić information content (AvgIpc) is 2.52. The van der Waals surface area contributed by atoms with Crippen LogP contribution in [0.4, 0.5) is 11.4 Å². The van der Waals surface area contributed by atoms with Crippen LogP contribution in [0.5, 0.6) is 0 Å². The quantitative estimate of drug-likeness (QED) is 0.650. The molecule has 2 rings (SSSR count). The van der Waals surface area contributed by atoms with E-state index in [-0.39, 0.29) is 12.3 Å². The van der Waals surface area contributed by atoms with Crippen molar-refractivity contribution in [3.8, 4) is 0 Å². The summed E-state index contributed by atoms with van der Waals surface area (Å²) in [6.07, 6.45) is 4.33. The van der Waals surface area contributed by atoms with E-state index >= 15 is 0 Å². The van der Waals surface area contributed by atoms with Gasteiger partial charge in [-0.05, 0) is 30.2 Å². The summed E-state index contributed by atoms with van der Waals surface area (Å²) in [7, 11) is 1.90. The van der Waals surface area contributed by atoms with Crippen molar-refractivity contribution in [3.05, 3.63) is 64.0 Å². The van der Waals surface area contributed by atoms with Crippen molar-refractivity contribution in [2.75, 3.05) is 18.5 Å². The maximum absolute atomic E-state index is 10.8. The second-order valence-corrected chi connectivity index (χ2v) is 4.76. The van der Waals surface area contributed by atoms with Crippen LogP contribution in [-0.4, -0.2) is 28.6 Å². The zero-order valence-electron chi connectivity index (χ0n) is 11.8. The molecule has 1 N–H and O–H groups in total. The molecule has 1 aromatic heterocycles. The lowest BCUT2D eigenvalue weighted by Crippen LogP contribution is -2.21. The minimum absolute atomic E-state index is 0.00895. The summed E-state index contributed by atoms with van der Waals surface area (Å²) in [4.78, 5) is 16.3. The van der Waals surface area contributed by atoms with Crippen LogP contribution in [0.15, 0.2) is 42.7 Å². The summed E-state index contributed by atoms with van der Waals surface area (Å²) in [6.45, 7) is 0.519. The van der Waals surface area contributed by atoms with Crippen LogP contribution in [0, 0.1) is 10.1 Å². The highest BCUT2D eigenvalue weighted by Crippen LogP contribution is 2.25. The van der Waals surface area contributed by atoms with E-state index in [1.54, 1.807) is 18.5 Å². The number of pyridine rings is 1. The molecule has 6 heteroatoms. The molecule has 0 spiro atoms. The predicted octanol–water partition coefficient (Wildman–Crippen LogP) is 2.16. The number of aliphatic hydroxyl groups is 1. The molecule has 0 unspecified atom stereocenters. The van der Waals surface area contributed by atoms with Gasteiger partial charge in [-0.1, -0.05) is 0 Å². The first-order chi connectivity index (χ1) is 10.1. The highest BCUT2D eigenvalue weighted by molar-refractivity contribution is 5.57. The fourth-order valence-corrected chi connectivity index (χ4v) is 2.15. The number of hydrogen-bond acceptors (Lipinski definition) is 5. The van der Waals surface area contributed by atoms with Crippen molar-refractivity contribution in [2.24, 2.45) is 0 Å². The Labute approximate surface area is 122 Å². The molecule has 21 heavy (non-hydrogen) atoms. The topological polar surface area (TPSA) is 79.5 Å². The molecule has 0 aliphatic heterocycles. The number of aromatic nitrogens is 1. The highest BCUT2D eigenvalue weighted by atomic mass is 16.6. The molecule has 0 bridgehead atoms. The van der Waals surface area contributed by atoms with Crippen molar-refractivity contribution in [1.29, 1.82) is 0 Å². The normalized spacial score (nSPS) is 10.4. The van der Waals surface area contributed by atoms with Gasteiger partial charge in [0.2, 0.25) is 0 Å². The fourth-order valence-electron chi connectivity index (χ4n) is 2.15. The van der Waals surface area contributed by atoms with Crippen molar-refractivity contribution < 1.29 is 10.0 Å². The van der Waals surface area contributed by atoms with Gasteiger partial charge in [0, 0.05) is 49.4 Å². The Balaban J connectivity index is 2.11. The van der Waals surface area contributed by atoms with Gasteiger partial charge < -0.3 is 10.0 Å². The Bertz CT molecular complexity index is 617. The molecule has 1 aromatic carbocycles. The van der Waals surface area contributed by atoms with E-state index < -0.39 is 4.92 Å². The van der Waals surface area contributed by atoms with Crippen LogP contribution >= 0.6 is 0 Å². The Morgan fingerprint density at radius 2 is 2.00 bits per heavy atom. The van der Waals surface area contributed by atoms with Gasteiger partial charge in [0.1, 0.15) is 0 Å². The van der Waals surface area contributed by atoms with Gasteiger partial charge in [-0.15, -0.1) is 0 Å². The van der Waals surface area contributed by atoms with Crippen molar-refractivity contribution >= 4 is 11.4 Å². The van der Waals surface area contributed by atoms with Gasteiger partial charge >= 0.3 is 0 Å². The summed E-state index contributed by atoms with van der Waals surface area (Å²) in [5, 5.41) is 20.2. The molecule has 0 atom stereocenters. The smallest absolute Gasteiger partial charge is 0.269 e. The van der Waals surface area contributed by atoms with Gasteiger partial charge in [0.25, 0.3) is 5.69 Å². The minimum Gasteiger partial charge on any atom is -0.392 e. The molecule has 1 heterocycles. The number of anilines is 1. The molecule has 110 valence electrons. The summed E-state index contributed by atoms with van der Waals surface area (Å²) in [5.74, 6) is 0. The second kappa shape index (κ2) is 6.81. The van der Waals surface area contributed by atoms with Crippen LogP contribution in [0.25, 0.3) is 0 Å². The number of nitro benzene ring substituents is 1. The summed E-state index contributed by atoms with van der Waals surface area (Å²) in [6, 6.07) is 8.46. The van der Waals surface area contributed by atoms with Crippen molar-refractivity contribution in [2.45, 2.75) is 13.0 Å². The lowest BCUT2D eigenvalue weighted by atomic mass is 10.1. The highest BCUT2D eigenvalue weighted by Gasteiger charge is 2.13. The van der Waals surface area contributed by atoms with Gasteiger partial charge in [-0.3, -0.25) is 15.1 Å². The Morgan fingerprint density at radius 1 is 1.29 bits per heavy atom. The summed E-state index contributed by atoms with van der Waals surface area (Å²) < 4.78 is 0. The molecular formula is C15H17N3O3. The number of rotatable bonds is 6. The third-order valence-corrected chi connectivity index (χ3v) is 3.34. The molecule has 0 aliphatic rings. The number of hydrogen-bond donors (Lipinski definition) is 1. The Kier molecular flexibility index (Phi) is 4.84. The molecule has 0 fully saturated rings. The van der Waals surface area contributed by atoms with Gasteiger partial charge in [-0.25, -0.2) is 0 Å². The van der Waals surface area contributed by atoms with E-state index in [9.17, 15) is 15.2 Å². The zero-order chi connectivity index (χ0) is 15.2. The molecular weight excluding hydrogens is 270 g/mol. The molecule has 0 amide bonds. The van der Waals surface area contributed by atoms with Crippen LogP contribution in [0.2, 0.25) is 0 Å². The van der Waals surface area contributed by atoms with E-state index in [1.165, 1.54) is 17.7 Å².